The number of hydrogen-bond acceptors (Lipinski definition) is 0. The average molecular weight is 504 g/mol. The molecule has 1 aliphatic carbocycles. The van der Waals surface area contributed by atoms with E-state index in [0.29, 0.717) is 0 Å². The van der Waals surface area contributed by atoms with Crippen molar-refractivity contribution in [3.63, 3.8) is 0 Å². The summed E-state index contributed by atoms with van der Waals surface area (Å²) >= 11 is 0. The van der Waals surface area contributed by atoms with Gasteiger partial charge in [-0.15, -0.1) is 33.7 Å². The first kappa shape index (κ1) is 26.3. The zero-order chi connectivity index (χ0) is 18.7. The second kappa shape index (κ2) is 9.17. The molecule has 1 aliphatic rings. The van der Waals surface area contributed by atoms with Gasteiger partial charge in [-0.2, -0.15) is 0 Å². The van der Waals surface area contributed by atoms with Gasteiger partial charge in [0.1, 0.15) is 0 Å². The maximum Gasteiger partial charge on any atom is 3.00 e. The van der Waals surface area contributed by atoms with Crippen LogP contribution >= 0.6 is 0 Å². The second-order valence-electron chi connectivity index (χ2n) is 9.72. The van der Waals surface area contributed by atoms with Gasteiger partial charge in [-0.3, -0.25) is 0 Å². The van der Waals surface area contributed by atoms with Crippen molar-refractivity contribution in [1.82, 2.24) is 0 Å². The number of halogens is 2. The molecule has 4 rings (SSSR count). The SMILES string of the molecule is CC(C)(C)c1ccc2c(c1)[cH-]c1c(C3=CC=CC3)c(C(C)(C)C)ccc12.[Cl-].[Cl-].[Zr+3]. The van der Waals surface area contributed by atoms with Crippen LogP contribution in [0.1, 0.15) is 64.7 Å². The molecular formula is C26H29Cl2Zr. The third-order valence-corrected chi connectivity index (χ3v) is 5.65. The summed E-state index contributed by atoms with van der Waals surface area (Å²) in [4.78, 5) is 0. The van der Waals surface area contributed by atoms with E-state index in [0.717, 1.165) is 6.42 Å². The monoisotopic (exact) mass is 501 g/mol. The van der Waals surface area contributed by atoms with Crippen molar-refractivity contribution in [2.75, 3.05) is 0 Å². The Hall–Kier alpha value is -0.747. The van der Waals surface area contributed by atoms with Crippen LogP contribution in [0.15, 0.2) is 54.6 Å². The zero-order valence-electron chi connectivity index (χ0n) is 18.2. The standard InChI is InChI=1S/C26H29.2ClH.Zr/c1-25(2,3)19-11-12-20-18(15-19)16-22-21(20)13-14-23(26(4,5)6)24(22)17-9-7-8-10-17;;;/h7-9,11-16H,10H2,1-6H3;2*1H;/q-1;;;+3/p-2. The molecule has 0 nitrogen and oxygen atoms in total. The van der Waals surface area contributed by atoms with E-state index in [9.17, 15) is 0 Å². The van der Waals surface area contributed by atoms with Crippen LogP contribution in [0.5, 0.6) is 0 Å². The van der Waals surface area contributed by atoms with Crippen molar-refractivity contribution in [2.24, 2.45) is 0 Å². The molecule has 1 radical (unpaired) electrons. The van der Waals surface area contributed by atoms with Gasteiger partial charge in [-0.25, -0.2) is 0 Å². The predicted molar refractivity (Wildman–Crippen MR) is 116 cm³/mol. The van der Waals surface area contributed by atoms with E-state index >= 15 is 0 Å². The Bertz CT molecular complexity index is 1070. The van der Waals surface area contributed by atoms with Gasteiger partial charge in [0.15, 0.2) is 0 Å². The second-order valence-corrected chi connectivity index (χ2v) is 9.72. The van der Waals surface area contributed by atoms with E-state index in [-0.39, 0.29) is 61.8 Å². The molecule has 0 spiro atoms. The van der Waals surface area contributed by atoms with E-state index < -0.39 is 0 Å². The van der Waals surface area contributed by atoms with Crippen LogP contribution in [0.3, 0.4) is 0 Å². The molecule has 0 saturated heterocycles. The van der Waals surface area contributed by atoms with Gasteiger partial charge in [-0.1, -0.05) is 106 Å². The third kappa shape index (κ3) is 4.79. The Morgan fingerprint density at radius 3 is 2.03 bits per heavy atom. The molecule has 0 saturated carbocycles. The summed E-state index contributed by atoms with van der Waals surface area (Å²) in [6.45, 7) is 13.8. The molecule has 0 atom stereocenters. The number of allylic oxidation sites excluding steroid dienone is 4. The van der Waals surface area contributed by atoms with Crippen molar-refractivity contribution in [3.05, 3.63) is 71.3 Å². The molecule has 0 amide bonds. The van der Waals surface area contributed by atoms with Crippen molar-refractivity contribution < 1.29 is 51.0 Å². The fourth-order valence-corrected chi connectivity index (χ4v) is 4.16. The molecule has 3 aromatic carbocycles. The Morgan fingerprint density at radius 2 is 1.48 bits per heavy atom. The first-order chi connectivity index (χ1) is 12.2. The van der Waals surface area contributed by atoms with E-state index in [4.69, 9.17) is 0 Å². The van der Waals surface area contributed by atoms with Crippen LogP contribution in [0.2, 0.25) is 0 Å². The summed E-state index contributed by atoms with van der Waals surface area (Å²) < 4.78 is 0. The van der Waals surface area contributed by atoms with Gasteiger partial charge in [0, 0.05) is 0 Å². The van der Waals surface area contributed by atoms with Crippen molar-refractivity contribution in [2.45, 2.75) is 58.8 Å². The maximum atomic E-state index is 2.42. The maximum absolute atomic E-state index is 2.42. The van der Waals surface area contributed by atoms with Gasteiger partial charge in [0.25, 0.3) is 0 Å². The Kier molecular flexibility index (Phi) is 8.31. The summed E-state index contributed by atoms with van der Waals surface area (Å²) in [5.41, 5.74) is 6.06. The van der Waals surface area contributed by atoms with Crippen molar-refractivity contribution in [1.29, 1.82) is 0 Å². The molecule has 3 aromatic rings. The van der Waals surface area contributed by atoms with E-state index in [1.807, 2.05) is 0 Å². The number of rotatable bonds is 1. The summed E-state index contributed by atoms with van der Waals surface area (Å²) in [5.74, 6) is 0. The normalized spacial score (nSPS) is 13.7. The largest absolute Gasteiger partial charge is 3.00 e. The summed E-state index contributed by atoms with van der Waals surface area (Å²) in [6, 6.07) is 14.1. The summed E-state index contributed by atoms with van der Waals surface area (Å²) in [6.07, 6.45) is 7.79. The minimum absolute atomic E-state index is 0. The Balaban J connectivity index is 0.00000140. The predicted octanol–water partition coefficient (Wildman–Crippen LogP) is 1.66. The fourth-order valence-electron chi connectivity index (χ4n) is 4.16. The van der Waals surface area contributed by atoms with E-state index in [1.54, 1.807) is 0 Å². The number of benzene rings is 2. The van der Waals surface area contributed by atoms with Crippen LogP contribution in [-0.4, -0.2) is 0 Å². The molecule has 0 bridgehead atoms. The molecule has 0 unspecified atom stereocenters. The van der Waals surface area contributed by atoms with Crippen molar-refractivity contribution >= 4 is 27.1 Å². The van der Waals surface area contributed by atoms with Crippen LogP contribution in [0.4, 0.5) is 0 Å². The Morgan fingerprint density at radius 1 is 0.828 bits per heavy atom. The topological polar surface area (TPSA) is 0 Å². The summed E-state index contributed by atoms with van der Waals surface area (Å²) in [7, 11) is 0. The van der Waals surface area contributed by atoms with Crippen molar-refractivity contribution in [3.8, 4) is 0 Å². The molecule has 3 heteroatoms. The smallest absolute Gasteiger partial charge is 1.00 e. The molecule has 0 heterocycles. The van der Waals surface area contributed by atoms with Crippen LogP contribution < -0.4 is 24.8 Å². The first-order valence-corrected chi connectivity index (χ1v) is 9.69. The molecule has 151 valence electrons. The quantitative estimate of drug-likeness (QED) is 0.443. The van der Waals surface area contributed by atoms with Crippen LogP contribution in [0, 0.1) is 0 Å². The van der Waals surface area contributed by atoms with Gasteiger partial charge < -0.3 is 24.8 Å². The molecule has 29 heavy (non-hydrogen) atoms. The number of hydrogen-bond donors (Lipinski definition) is 0. The summed E-state index contributed by atoms with van der Waals surface area (Å²) in [5, 5.41) is 5.54. The van der Waals surface area contributed by atoms with Gasteiger partial charge in [0.05, 0.1) is 0 Å². The van der Waals surface area contributed by atoms with Crippen LogP contribution in [-0.2, 0) is 37.0 Å². The van der Waals surface area contributed by atoms with Gasteiger partial charge in [-0.05, 0) is 17.3 Å². The third-order valence-electron chi connectivity index (χ3n) is 5.65. The zero-order valence-corrected chi connectivity index (χ0v) is 22.1. The molecule has 0 fully saturated rings. The molecule has 0 N–H and O–H groups in total. The number of fused-ring (bicyclic) bond motifs is 3. The van der Waals surface area contributed by atoms with Gasteiger partial charge in [0.2, 0.25) is 0 Å². The molecule has 0 aliphatic heterocycles. The fraction of sp³-hybridized carbons (Fsp3) is 0.346. The van der Waals surface area contributed by atoms with E-state index in [1.165, 1.54) is 43.8 Å². The average Bonchev–Trinajstić information content (AvgIpc) is 3.18. The van der Waals surface area contributed by atoms with Gasteiger partial charge >= 0.3 is 26.2 Å². The minimum Gasteiger partial charge on any atom is -1.00 e. The van der Waals surface area contributed by atoms with E-state index in [2.05, 4.69) is 96.2 Å². The first-order valence-electron chi connectivity index (χ1n) is 9.69. The van der Waals surface area contributed by atoms with Crippen LogP contribution in [0.25, 0.3) is 27.1 Å². The molecular weight excluding hydrogens is 474 g/mol. The molecule has 0 aromatic heterocycles. The Labute approximate surface area is 207 Å². The minimum atomic E-state index is 0.